The topological polar surface area (TPSA) is 89.7 Å². The van der Waals surface area contributed by atoms with E-state index < -0.39 is 12.2 Å². The van der Waals surface area contributed by atoms with Crippen LogP contribution in [0.3, 0.4) is 0 Å². The number of β-amino-alcohol motifs (C(OH)–C–C–N with tert-alkyl or cyclic N) is 2. The van der Waals surface area contributed by atoms with E-state index in [4.69, 9.17) is 5.11 Å². The van der Waals surface area contributed by atoms with Gasteiger partial charge in [0, 0.05) is 13.1 Å². The fourth-order valence-electron chi connectivity index (χ4n) is 1.55. The monoisotopic (exact) mass is 211 g/mol. The van der Waals surface area contributed by atoms with Crippen molar-refractivity contribution in [3.63, 3.8) is 0 Å². The van der Waals surface area contributed by atoms with Gasteiger partial charge in [-0.3, -0.25) is 4.98 Å². The molecule has 1 fully saturated rings. The summed E-state index contributed by atoms with van der Waals surface area (Å²) in [6, 6.07) is 0. The summed E-state index contributed by atoms with van der Waals surface area (Å²) < 4.78 is 0. The third-order valence-corrected chi connectivity index (χ3v) is 2.44. The summed E-state index contributed by atoms with van der Waals surface area (Å²) in [6.07, 6.45) is 1.54. The van der Waals surface area contributed by atoms with E-state index in [1.54, 1.807) is 4.90 Å². The third-order valence-electron chi connectivity index (χ3n) is 2.44. The summed E-state index contributed by atoms with van der Waals surface area (Å²) in [6.45, 7) is 0.571. The van der Waals surface area contributed by atoms with Gasteiger partial charge in [0.2, 0.25) is 0 Å². The molecular formula is C9H13N3O3. The number of anilines is 1. The van der Waals surface area contributed by atoms with Crippen LogP contribution >= 0.6 is 0 Å². The molecule has 1 aromatic heterocycles. The number of rotatable bonds is 2. The van der Waals surface area contributed by atoms with Gasteiger partial charge < -0.3 is 20.2 Å². The molecule has 6 nitrogen and oxygen atoms in total. The van der Waals surface area contributed by atoms with Gasteiger partial charge in [-0.05, 0) is 0 Å². The summed E-state index contributed by atoms with van der Waals surface area (Å²) in [5.41, 5.74) is 0.499. The van der Waals surface area contributed by atoms with E-state index in [-0.39, 0.29) is 6.61 Å². The Hall–Kier alpha value is -1.24. The molecule has 6 heteroatoms. The Labute approximate surface area is 86.8 Å². The first-order valence-corrected chi connectivity index (χ1v) is 4.73. The number of nitrogens with zero attached hydrogens (tertiary/aromatic N) is 3. The molecular weight excluding hydrogens is 198 g/mol. The summed E-state index contributed by atoms with van der Waals surface area (Å²) >= 11 is 0. The zero-order valence-electron chi connectivity index (χ0n) is 8.11. The highest BCUT2D eigenvalue weighted by Gasteiger charge is 2.30. The van der Waals surface area contributed by atoms with Crippen LogP contribution in [0.1, 0.15) is 5.69 Å². The predicted octanol–water partition coefficient (Wildman–Crippen LogP) is -1.49. The van der Waals surface area contributed by atoms with Crippen LogP contribution in [-0.2, 0) is 6.61 Å². The van der Waals surface area contributed by atoms with Crippen LogP contribution in [0.4, 0.5) is 5.82 Å². The van der Waals surface area contributed by atoms with Crippen molar-refractivity contribution in [2.45, 2.75) is 18.8 Å². The largest absolute Gasteiger partial charge is 0.390 e. The number of hydrogen-bond donors (Lipinski definition) is 3. The molecule has 0 spiro atoms. The van der Waals surface area contributed by atoms with Crippen molar-refractivity contribution in [3.05, 3.63) is 18.1 Å². The lowest BCUT2D eigenvalue weighted by Gasteiger charge is -2.15. The van der Waals surface area contributed by atoms with Gasteiger partial charge in [0.1, 0.15) is 5.82 Å². The maximum atomic E-state index is 9.35. The van der Waals surface area contributed by atoms with Crippen LogP contribution in [-0.4, -0.2) is 50.6 Å². The number of aromatic nitrogens is 2. The minimum absolute atomic E-state index is 0.140. The highest BCUT2D eigenvalue weighted by molar-refractivity contribution is 5.38. The summed E-state index contributed by atoms with van der Waals surface area (Å²) in [7, 11) is 0. The molecule has 3 N–H and O–H groups in total. The average molecular weight is 211 g/mol. The van der Waals surface area contributed by atoms with Crippen molar-refractivity contribution >= 4 is 5.82 Å². The highest BCUT2D eigenvalue weighted by atomic mass is 16.3. The molecule has 0 radical (unpaired) electrons. The molecule has 2 atom stereocenters. The van der Waals surface area contributed by atoms with Crippen molar-refractivity contribution in [3.8, 4) is 0 Å². The van der Waals surface area contributed by atoms with Gasteiger partial charge in [-0.15, -0.1) is 0 Å². The van der Waals surface area contributed by atoms with Gasteiger partial charge in [0.15, 0.2) is 0 Å². The third kappa shape index (κ3) is 2.06. The molecule has 0 bridgehead atoms. The van der Waals surface area contributed by atoms with Crippen LogP contribution in [0.25, 0.3) is 0 Å². The second-order valence-corrected chi connectivity index (χ2v) is 3.56. The van der Waals surface area contributed by atoms with Crippen LogP contribution in [0.5, 0.6) is 0 Å². The Bertz CT molecular complexity index is 320. The molecule has 0 aromatic carbocycles. The van der Waals surface area contributed by atoms with E-state index in [0.717, 1.165) is 0 Å². The summed E-state index contributed by atoms with van der Waals surface area (Å²) in [5, 5.41) is 27.5. The molecule has 0 aliphatic carbocycles. The number of aliphatic hydroxyl groups excluding tert-OH is 3. The standard InChI is InChI=1S/C9H13N3O3/c13-5-6-1-11-9(2-10-6)12-3-7(14)8(15)4-12/h1-2,7-8,13-15H,3-5H2. The number of aliphatic hydroxyl groups is 3. The van der Waals surface area contributed by atoms with Crippen LogP contribution in [0.2, 0.25) is 0 Å². The quantitative estimate of drug-likeness (QED) is 0.552. The van der Waals surface area contributed by atoms with Crippen molar-refractivity contribution in [1.29, 1.82) is 0 Å². The predicted molar refractivity (Wildman–Crippen MR) is 52.2 cm³/mol. The molecule has 1 aromatic rings. The molecule has 2 heterocycles. The second kappa shape index (κ2) is 4.09. The lowest BCUT2D eigenvalue weighted by atomic mass is 10.3. The van der Waals surface area contributed by atoms with Gasteiger partial charge in [-0.2, -0.15) is 0 Å². The molecule has 2 unspecified atom stereocenters. The highest BCUT2D eigenvalue weighted by Crippen LogP contribution is 2.17. The Morgan fingerprint density at radius 1 is 1.20 bits per heavy atom. The van der Waals surface area contributed by atoms with Crippen LogP contribution < -0.4 is 4.90 Å². The normalized spacial score (nSPS) is 25.9. The van der Waals surface area contributed by atoms with Crippen LogP contribution in [0.15, 0.2) is 12.4 Å². The van der Waals surface area contributed by atoms with Crippen molar-refractivity contribution < 1.29 is 15.3 Å². The molecule has 1 aliphatic rings. The lowest BCUT2D eigenvalue weighted by molar-refractivity contribution is 0.0572. The Morgan fingerprint density at radius 3 is 2.33 bits per heavy atom. The van der Waals surface area contributed by atoms with Gasteiger partial charge in [-0.1, -0.05) is 0 Å². The van der Waals surface area contributed by atoms with E-state index in [1.807, 2.05) is 0 Å². The smallest absolute Gasteiger partial charge is 0.147 e. The zero-order chi connectivity index (χ0) is 10.8. The molecule has 1 aliphatic heterocycles. The molecule has 15 heavy (non-hydrogen) atoms. The SMILES string of the molecule is OCc1cnc(N2CC(O)C(O)C2)cn1. The van der Waals surface area contributed by atoms with E-state index in [9.17, 15) is 10.2 Å². The number of hydrogen-bond acceptors (Lipinski definition) is 6. The van der Waals surface area contributed by atoms with Crippen molar-refractivity contribution in [2.75, 3.05) is 18.0 Å². The lowest BCUT2D eigenvalue weighted by Crippen LogP contribution is -2.22. The first-order valence-electron chi connectivity index (χ1n) is 4.73. The Morgan fingerprint density at radius 2 is 1.87 bits per heavy atom. The fourth-order valence-corrected chi connectivity index (χ4v) is 1.55. The van der Waals surface area contributed by atoms with E-state index in [2.05, 4.69) is 9.97 Å². The Kier molecular flexibility index (Phi) is 2.81. The van der Waals surface area contributed by atoms with Gasteiger partial charge in [0.25, 0.3) is 0 Å². The minimum atomic E-state index is -0.732. The van der Waals surface area contributed by atoms with Crippen LogP contribution in [0, 0.1) is 0 Å². The van der Waals surface area contributed by atoms with E-state index >= 15 is 0 Å². The van der Waals surface area contributed by atoms with Gasteiger partial charge in [-0.25, -0.2) is 4.98 Å². The second-order valence-electron chi connectivity index (χ2n) is 3.56. The van der Waals surface area contributed by atoms with Gasteiger partial charge >= 0.3 is 0 Å². The summed E-state index contributed by atoms with van der Waals surface area (Å²) in [5.74, 6) is 0.600. The zero-order valence-corrected chi connectivity index (χ0v) is 8.11. The first-order chi connectivity index (χ1) is 7.20. The van der Waals surface area contributed by atoms with Gasteiger partial charge in [0.05, 0.1) is 36.9 Å². The van der Waals surface area contributed by atoms with Crippen molar-refractivity contribution in [1.82, 2.24) is 9.97 Å². The molecule has 0 amide bonds. The minimum Gasteiger partial charge on any atom is -0.390 e. The molecule has 0 saturated carbocycles. The maximum absolute atomic E-state index is 9.35. The molecule has 82 valence electrons. The van der Waals surface area contributed by atoms with Crippen molar-refractivity contribution in [2.24, 2.45) is 0 Å². The average Bonchev–Trinajstić information content (AvgIpc) is 2.59. The summed E-state index contributed by atoms with van der Waals surface area (Å²) in [4.78, 5) is 9.81. The molecule has 2 rings (SSSR count). The molecule has 1 saturated heterocycles. The first kappa shape index (κ1) is 10.3. The van der Waals surface area contributed by atoms with E-state index in [0.29, 0.717) is 24.6 Å². The Balaban J connectivity index is 2.10. The fraction of sp³-hybridized carbons (Fsp3) is 0.556. The van der Waals surface area contributed by atoms with E-state index in [1.165, 1.54) is 12.4 Å². The maximum Gasteiger partial charge on any atom is 0.147 e.